The van der Waals surface area contributed by atoms with E-state index in [9.17, 15) is 13.4 Å². The van der Waals surface area contributed by atoms with E-state index in [2.05, 4.69) is 15.0 Å². The van der Waals surface area contributed by atoms with Crippen LogP contribution in [0.2, 0.25) is 5.02 Å². The Morgan fingerprint density at radius 3 is 2.70 bits per heavy atom. The van der Waals surface area contributed by atoms with E-state index in [1.165, 1.54) is 36.5 Å². The predicted octanol–water partition coefficient (Wildman–Crippen LogP) is 3.61. The number of aromatic nitrogens is 1. The van der Waals surface area contributed by atoms with Gasteiger partial charge in [0.15, 0.2) is 0 Å². The molecule has 0 bridgehead atoms. The number of carbonyl (C=O) groups excluding carboxylic acids is 1. The first-order chi connectivity index (χ1) is 10.9. The number of nitrogens with one attached hydrogen (secondary N) is 2. The summed E-state index contributed by atoms with van der Waals surface area (Å²) < 4.78 is 27.6. The third-order valence-electron chi connectivity index (χ3n) is 2.83. The Morgan fingerprint density at radius 1 is 1.30 bits per heavy atom. The molecule has 1 unspecified atom stereocenters. The Morgan fingerprint density at radius 2 is 2.04 bits per heavy atom. The molecule has 1 aromatic heterocycles. The van der Waals surface area contributed by atoms with E-state index < -0.39 is 22.7 Å². The number of hydrogen-bond acceptors (Lipinski definition) is 3. The van der Waals surface area contributed by atoms with Gasteiger partial charge in [-0.3, -0.25) is 9.52 Å². The summed E-state index contributed by atoms with van der Waals surface area (Å²) in [6, 6.07) is 6.91. The number of benzene rings is 1. The molecule has 0 saturated carbocycles. The fraction of sp³-hybridized carbons (Fsp3) is 0.200. The van der Waals surface area contributed by atoms with Crippen LogP contribution in [0.15, 0.2) is 36.5 Å². The lowest BCUT2D eigenvalue weighted by Gasteiger charge is -2.10. The van der Waals surface area contributed by atoms with Crippen LogP contribution in [0.5, 0.6) is 0 Å². The van der Waals surface area contributed by atoms with Gasteiger partial charge in [0.25, 0.3) is 5.91 Å². The number of amides is 1. The summed E-state index contributed by atoms with van der Waals surface area (Å²) >= 11 is 5.68. The molecule has 1 atom stereocenters. The van der Waals surface area contributed by atoms with Crippen molar-refractivity contribution in [1.29, 1.82) is 0 Å². The molecule has 2 aromatic rings. The Bertz CT molecular complexity index is 755. The number of pyridine rings is 1. The van der Waals surface area contributed by atoms with Gasteiger partial charge in [-0.2, -0.15) is 0 Å². The second-order valence-electron chi connectivity index (χ2n) is 4.96. The molecule has 8 heteroatoms. The number of hydrogen-bond donors (Lipinski definition) is 2. The Balaban J connectivity index is 2.13. The summed E-state index contributed by atoms with van der Waals surface area (Å²) in [5.41, 5.74) is 0.696. The SMILES string of the molecule is CC(C)S(=O)Nc1cc(C(=O)Nc2ccc(F)c(Cl)c2)ccn1. The monoisotopic (exact) mass is 355 g/mol. The average Bonchev–Trinajstić information content (AvgIpc) is 2.51. The fourth-order valence-corrected chi connectivity index (χ4v) is 2.36. The second kappa shape index (κ2) is 7.52. The summed E-state index contributed by atoms with van der Waals surface area (Å²) in [7, 11) is -1.29. The van der Waals surface area contributed by atoms with Gasteiger partial charge in [-0.25, -0.2) is 13.6 Å². The van der Waals surface area contributed by atoms with Gasteiger partial charge in [-0.15, -0.1) is 0 Å². The third kappa shape index (κ3) is 4.74. The zero-order valence-electron chi connectivity index (χ0n) is 12.5. The number of carbonyl (C=O) groups is 1. The lowest BCUT2D eigenvalue weighted by Crippen LogP contribution is -2.17. The molecule has 0 radical (unpaired) electrons. The molecule has 0 saturated heterocycles. The average molecular weight is 356 g/mol. The Labute approximate surface area is 140 Å². The van der Waals surface area contributed by atoms with Crippen LogP contribution in [-0.2, 0) is 11.0 Å². The quantitative estimate of drug-likeness (QED) is 0.860. The fourth-order valence-electron chi connectivity index (χ4n) is 1.63. The number of halogens is 2. The molecular formula is C15H15ClFN3O2S. The van der Waals surface area contributed by atoms with Crippen molar-refractivity contribution in [3.05, 3.63) is 52.9 Å². The molecule has 1 amide bonds. The lowest BCUT2D eigenvalue weighted by atomic mass is 10.2. The first kappa shape index (κ1) is 17.4. The van der Waals surface area contributed by atoms with E-state index in [-0.39, 0.29) is 10.3 Å². The van der Waals surface area contributed by atoms with Crippen LogP contribution in [0.25, 0.3) is 0 Å². The van der Waals surface area contributed by atoms with Crippen LogP contribution in [0.4, 0.5) is 15.9 Å². The molecule has 122 valence electrons. The van der Waals surface area contributed by atoms with Crippen LogP contribution < -0.4 is 10.0 Å². The molecular weight excluding hydrogens is 341 g/mol. The summed E-state index contributed by atoms with van der Waals surface area (Å²) in [4.78, 5) is 16.2. The number of nitrogens with zero attached hydrogens (tertiary/aromatic N) is 1. The first-order valence-electron chi connectivity index (χ1n) is 6.76. The first-order valence-corrected chi connectivity index (χ1v) is 8.35. The minimum absolute atomic E-state index is 0.0767. The lowest BCUT2D eigenvalue weighted by molar-refractivity contribution is 0.102. The van der Waals surface area contributed by atoms with Gasteiger partial charge in [-0.05, 0) is 44.2 Å². The van der Waals surface area contributed by atoms with Crippen molar-refractivity contribution < 1.29 is 13.4 Å². The van der Waals surface area contributed by atoms with Crippen molar-refractivity contribution >= 4 is 40.0 Å². The van der Waals surface area contributed by atoms with E-state index in [0.717, 1.165) is 0 Å². The van der Waals surface area contributed by atoms with Crippen molar-refractivity contribution in [1.82, 2.24) is 4.98 Å². The smallest absolute Gasteiger partial charge is 0.255 e. The molecule has 2 rings (SSSR count). The minimum Gasteiger partial charge on any atom is -0.322 e. The number of rotatable bonds is 5. The van der Waals surface area contributed by atoms with E-state index in [1.54, 1.807) is 13.8 Å². The van der Waals surface area contributed by atoms with Gasteiger partial charge in [0.2, 0.25) is 0 Å². The summed E-state index contributed by atoms with van der Waals surface area (Å²) in [6.07, 6.45) is 1.44. The van der Waals surface area contributed by atoms with Crippen molar-refractivity contribution in [2.24, 2.45) is 0 Å². The molecule has 2 N–H and O–H groups in total. The summed E-state index contributed by atoms with van der Waals surface area (Å²) in [5.74, 6) is -0.633. The molecule has 1 aromatic carbocycles. The van der Waals surface area contributed by atoms with Crippen molar-refractivity contribution in [2.45, 2.75) is 19.1 Å². The van der Waals surface area contributed by atoms with Crippen LogP contribution >= 0.6 is 11.6 Å². The maximum atomic E-state index is 13.1. The van der Waals surface area contributed by atoms with E-state index in [4.69, 9.17) is 11.6 Å². The van der Waals surface area contributed by atoms with Crippen LogP contribution in [-0.4, -0.2) is 20.3 Å². The van der Waals surface area contributed by atoms with Gasteiger partial charge in [-0.1, -0.05) is 11.6 Å². The maximum Gasteiger partial charge on any atom is 0.255 e. The highest BCUT2D eigenvalue weighted by atomic mass is 35.5. The van der Waals surface area contributed by atoms with Crippen molar-refractivity contribution in [3.8, 4) is 0 Å². The molecule has 0 aliphatic rings. The molecule has 5 nitrogen and oxygen atoms in total. The van der Waals surface area contributed by atoms with Gasteiger partial charge in [0, 0.05) is 22.7 Å². The third-order valence-corrected chi connectivity index (χ3v) is 4.39. The topological polar surface area (TPSA) is 71.1 Å². The Hall–Kier alpha value is -1.99. The number of anilines is 2. The Kier molecular flexibility index (Phi) is 5.68. The van der Waals surface area contributed by atoms with Crippen molar-refractivity contribution in [2.75, 3.05) is 10.0 Å². The zero-order chi connectivity index (χ0) is 17.0. The van der Waals surface area contributed by atoms with Crippen LogP contribution in [0.1, 0.15) is 24.2 Å². The molecule has 1 heterocycles. The van der Waals surface area contributed by atoms with E-state index in [0.29, 0.717) is 17.1 Å². The maximum absolute atomic E-state index is 13.1. The standard InChI is InChI=1S/C15H15ClFN3O2S/c1-9(2)23(22)20-14-7-10(5-6-18-14)15(21)19-11-3-4-13(17)12(16)8-11/h3-9H,1-2H3,(H,18,20)(H,19,21). The van der Waals surface area contributed by atoms with Crippen LogP contribution in [0.3, 0.4) is 0 Å². The van der Waals surface area contributed by atoms with Crippen LogP contribution in [0, 0.1) is 5.82 Å². The van der Waals surface area contributed by atoms with Gasteiger partial charge in [0.05, 0.1) is 5.02 Å². The predicted molar refractivity (Wildman–Crippen MR) is 90.5 cm³/mol. The van der Waals surface area contributed by atoms with Gasteiger partial charge in [0.1, 0.15) is 22.6 Å². The summed E-state index contributed by atoms with van der Waals surface area (Å²) in [5, 5.41) is 2.44. The molecule has 0 aliphatic heterocycles. The highest BCUT2D eigenvalue weighted by Gasteiger charge is 2.11. The zero-order valence-corrected chi connectivity index (χ0v) is 14.0. The second-order valence-corrected chi connectivity index (χ2v) is 7.11. The normalized spacial score (nSPS) is 12.0. The molecule has 0 fully saturated rings. The highest BCUT2D eigenvalue weighted by Crippen LogP contribution is 2.20. The van der Waals surface area contributed by atoms with E-state index in [1.807, 2.05) is 0 Å². The van der Waals surface area contributed by atoms with Gasteiger partial charge >= 0.3 is 0 Å². The minimum atomic E-state index is -1.29. The molecule has 0 spiro atoms. The molecule has 0 aliphatic carbocycles. The highest BCUT2D eigenvalue weighted by molar-refractivity contribution is 7.86. The molecule has 23 heavy (non-hydrogen) atoms. The van der Waals surface area contributed by atoms with Gasteiger partial charge < -0.3 is 5.32 Å². The van der Waals surface area contributed by atoms with E-state index >= 15 is 0 Å². The largest absolute Gasteiger partial charge is 0.322 e. The summed E-state index contributed by atoms with van der Waals surface area (Å²) in [6.45, 7) is 3.61. The van der Waals surface area contributed by atoms with Crippen molar-refractivity contribution in [3.63, 3.8) is 0 Å².